The molecule has 1 spiro atoms. The van der Waals surface area contributed by atoms with Crippen LogP contribution in [0.2, 0.25) is 0 Å². The van der Waals surface area contributed by atoms with Gasteiger partial charge in [-0.1, -0.05) is 6.42 Å². The minimum Gasteiger partial charge on any atom is -0.473 e. The molecule has 2 N–H and O–H groups in total. The van der Waals surface area contributed by atoms with E-state index in [-0.39, 0.29) is 47.0 Å². The first kappa shape index (κ1) is 24.4. The van der Waals surface area contributed by atoms with Gasteiger partial charge in [-0.2, -0.15) is 9.97 Å². The quantitative estimate of drug-likeness (QED) is 0.467. The monoisotopic (exact) mass is 495 g/mol. The van der Waals surface area contributed by atoms with Crippen molar-refractivity contribution >= 4 is 17.3 Å². The van der Waals surface area contributed by atoms with Gasteiger partial charge in [0, 0.05) is 24.1 Å². The van der Waals surface area contributed by atoms with Crippen LogP contribution >= 0.6 is 0 Å². The molecule has 2 aromatic rings. The van der Waals surface area contributed by atoms with Gasteiger partial charge in [0.25, 0.3) is 5.88 Å². The molecular weight excluding hydrogens is 462 g/mol. The second-order valence-electron chi connectivity index (χ2n) is 10.1. The first-order valence-electron chi connectivity index (χ1n) is 12.8. The van der Waals surface area contributed by atoms with E-state index in [4.69, 9.17) is 19.7 Å². The van der Waals surface area contributed by atoms with Crippen molar-refractivity contribution in [2.24, 2.45) is 11.1 Å². The molecule has 2 aliphatic carbocycles. The minimum absolute atomic E-state index is 0.0336. The first-order chi connectivity index (χ1) is 17.4. The van der Waals surface area contributed by atoms with Crippen molar-refractivity contribution in [2.75, 3.05) is 13.6 Å². The number of ether oxygens (including phenoxy) is 2. The maximum Gasteiger partial charge on any atom is 0.260 e. The number of carbonyl (C=O) groups excluding carboxylic acids is 2. The van der Waals surface area contributed by atoms with Crippen LogP contribution in [0.4, 0.5) is 0 Å². The summed E-state index contributed by atoms with van der Waals surface area (Å²) < 4.78 is 16.8. The molecule has 10 nitrogen and oxygen atoms in total. The van der Waals surface area contributed by atoms with E-state index in [1.54, 1.807) is 12.1 Å². The van der Waals surface area contributed by atoms with E-state index in [1.807, 2.05) is 6.92 Å². The fourth-order valence-electron chi connectivity index (χ4n) is 5.87. The van der Waals surface area contributed by atoms with Crippen LogP contribution in [0.5, 0.6) is 17.6 Å². The van der Waals surface area contributed by atoms with Gasteiger partial charge in [-0.15, -0.1) is 0 Å². The average Bonchev–Trinajstić information content (AvgIpc) is 3.53. The number of nitrogens with two attached hydrogens (primary N) is 1. The Labute approximate surface area is 210 Å². The van der Waals surface area contributed by atoms with Crippen LogP contribution in [-0.4, -0.2) is 57.3 Å². The SMILES string of the molecule is C[C@H](Oc1cc(Oc2ccon2)nc(C(N)=C2CCC[C@@]3(CCCCC3=O)C2=O)n1)[C@@H]1CCCN1C. The molecular formula is C26H33N5O5. The molecule has 192 valence electrons. The summed E-state index contributed by atoms with van der Waals surface area (Å²) in [4.78, 5) is 37.8. The molecule has 0 bridgehead atoms. The van der Waals surface area contributed by atoms with Crippen LogP contribution in [0.15, 0.2) is 28.5 Å². The number of rotatable bonds is 6. The van der Waals surface area contributed by atoms with E-state index >= 15 is 0 Å². The molecule has 0 radical (unpaired) electrons. The number of aromatic nitrogens is 3. The van der Waals surface area contributed by atoms with Crippen molar-refractivity contribution in [3.05, 3.63) is 29.8 Å². The lowest BCUT2D eigenvalue weighted by atomic mass is 9.62. The summed E-state index contributed by atoms with van der Waals surface area (Å²) in [6.45, 7) is 3.03. The number of hydrogen-bond donors (Lipinski definition) is 1. The van der Waals surface area contributed by atoms with Gasteiger partial charge in [-0.25, -0.2) is 0 Å². The second-order valence-corrected chi connectivity index (χ2v) is 10.1. The summed E-state index contributed by atoms with van der Waals surface area (Å²) in [7, 11) is 2.08. The number of hydrogen-bond acceptors (Lipinski definition) is 10. The van der Waals surface area contributed by atoms with Crippen molar-refractivity contribution in [1.29, 1.82) is 0 Å². The van der Waals surface area contributed by atoms with Crippen LogP contribution < -0.4 is 15.2 Å². The smallest absolute Gasteiger partial charge is 0.260 e. The highest BCUT2D eigenvalue weighted by Gasteiger charge is 2.49. The number of likely N-dealkylation sites (N-methyl/N-ethyl adjacent to an activating group) is 1. The van der Waals surface area contributed by atoms with Gasteiger partial charge in [-0.3, -0.25) is 14.5 Å². The maximum absolute atomic E-state index is 13.6. The van der Waals surface area contributed by atoms with Gasteiger partial charge in [0.15, 0.2) is 11.6 Å². The zero-order chi connectivity index (χ0) is 25.3. The molecule has 2 saturated carbocycles. The Kier molecular flexibility index (Phi) is 6.79. The number of Topliss-reactive ketones (excluding diaryl/α,β-unsaturated/α-hetero) is 2. The van der Waals surface area contributed by atoms with Gasteiger partial charge in [-0.05, 0) is 70.6 Å². The molecule has 3 aliphatic rings. The maximum atomic E-state index is 13.6. The number of carbonyl (C=O) groups is 2. The average molecular weight is 496 g/mol. The second kappa shape index (κ2) is 10.0. The van der Waals surface area contributed by atoms with Crippen LogP contribution in [0.25, 0.3) is 5.70 Å². The van der Waals surface area contributed by atoms with E-state index in [1.165, 1.54) is 6.26 Å². The Hall–Kier alpha value is -3.27. The molecule has 1 aliphatic heterocycles. The molecule has 3 heterocycles. The highest BCUT2D eigenvalue weighted by atomic mass is 16.5. The Morgan fingerprint density at radius 2 is 1.94 bits per heavy atom. The lowest BCUT2D eigenvalue weighted by Gasteiger charge is -2.38. The fraction of sp³-hybridized carbons (Fsp3) is 0.577. The first-order valence-corrected chi connectivity index (χ1v) is 12.8. The molecule has 3 fully saturated rings. The Balaban J connectivity index is 1.49. The highest BCUT2D eigenvalue weighted by Crippen LogP contribution is 2.45. The van der Waals surface area contributed by atoms with E-state index in [0.717, 1.165) is 38.6 Å². The number of likely N-dealkylation sites (tertiary alicyclic amines) is 1. The van der Waals surface area contributed by atoms with E-state index < -0.39 is 5.41 Å². The normalized spacial score (nSPS) is 27.3. The molecule has 1 saturated heterocycles. The summed E-state index contributed by atoms with van der Waals surface area (Å²) >= 11 is 0. The Morgan fingerprint density at radius 1 is 1.14 bits per heavy atom. The molecule has 3 atom stereocenters. The minimum atomic E-state index is -0.952. The third-order valence-corrected chi connectivity index (χ3v) is 7.82. The summed E-state index contributed by atoms with van der Waals surface area (Å²) in [5, 5.41) is 3.78. The van der Waals surface area contributed by atoms with Gasteiger partial charge in [0.1, 0.15) is 18.2 Å². The van der Waals surface area contributed by atoms with E-state index in [9.17, 15) is 9.59 Å². The van der Waals surface area contributed by atoms with Gasteiger partial charge in [0.05, 0.1) is 17.2 Å². The van der Waals surface area contributed by atoms with E-state index in [0.29, 0.717) is 37.1 Å². The largest absolute Gasteiger partial charge is 0.473 e. The van der Waals surface area contributed by atoms with Crippen molar-refractivity contribution in [3.63, 3.8) is 0 Å². The van der Waals surface area contributed by atoms with Crippen LogP contribution in [0, 0.1) is 5.41 Å². The van der Waals surface area contributed by atoms with Gasteiger partial charge >= 0.3 is 0 Å². The standard InChI is InChI=1S/C26H33N5O5/c1-16(18-8-6-13-31(18)2)35-21-15-22(36-20-10-14-34-30-20)29-25(28-21)23(27)17-7-5-12-26(24(17)33)11-4-3-9-19(26)32/h10,14-16,18H,3-9,11-13,27H2,1-2H3/t16-,18-,26+/m0/s1. The molecule has 36 heavy (non-hydrogen) atoms. The summed E-state index contributed by atoms with van der Waals surface area (Å²) in [5.41, 5.74) is 6.18. The van der Waals surface area contributed by atoms with Crippen molar-refractivity contribution in [2.45, 2.75) is 76.9 Å². The third kappa shape index (κ3) is 4.61. The predicted molar refractivity (Wildman–Crippen MR) is 130 cm³/mol. The summed E-state index contributed by atoms with van der Waals surface area (Å²) in [6.07, 6.45) is 7.93. The lowest BCUT2D eigenvalue weighted by Crippen LogP contribution is -2.45. The molecule has 5 rings (SSSR count). The topological polar surface area (TPSA) is 134 Å². The molecule has 0 unspecified atom stereocenters. The van der Waals surface area contributed by atoms with Gasteiger partial charge in [0.2, 0.25) is 11.8 Å². The Bertz CT molecular complexity index is 1160. The molecule has 0 amide bonds. The zero-order valence-electron chi connectivity index (χ0n) is 20.9. The van der Waals surface area contributed by atoms with Gasteiger partial charge < -0.3 is 19.7 Å². The van der Waals surface area contributed by atoms with E-state index in [2.05, 4.69) is 27.1 Å². The third-order valence-electron chi connectivity index (χ3n) is 7.82. The highest BCUT2D eigenvalue weighted by molar-refractivity contribution is 6.17. The molecule has 10 heteroatoms. The fourth-order valence-corrected chi connectivity index (χ4v) is 5.87. The van der Waals surface area contributed by atoms with Crippen LogP contribution in [0.3, 0.4) is 0 Å². The predicted octanol–water partition coefficient (Wildman–Crippen LogP) is 3.67. The number of ketones is 2. The summed E-state index contributed by atoms with van der Waals surface area (Å²) in [5.74, 6) is 0.687. The van der Waals surface area contributed by atoms with Crippen molar-refractivity contribution in [3.8, 4) is 17.6 Å². The van der Waals surface area contributed by atoms with Crippen molar-refractivity contribution in [1.82, 2.24) is 20.0 Å². The lowest BCUT2D eigenvalue weighted by molar-refractivity contribution is -0.143. The summed E-state index contributed by atoms with van der Waals surface area (Å²) in [6, 6.07) is 3.40. The van der Waals surface area contributed by atoms with Crippen LogP contribution in [-0.2, 0) is 9.59 Å². The van der Waals surface area contributed by atoms with Crippen molar-refractivity contribution < 1.29 is 23.6 Å². The molecule has 2 aromatic heterocycles. The number of allylic oxidation sites excluding steroid dienone is 1. The molecule has 0 aromatic carbocycles. The Morgan fingerprint density at radius 3 is 2.67 bits per heavy atom. The van der Waals surface area contributed by atoms with Crippen LogP contribution in [0.1, 0.15) is 70.5 Å². The number of nitrogens with zero attached hydrogens (tertiary/aromatic N) is 4. The zero-order valence-corrected chi connectivity index (χ0v) is 20.9.